The van der Waals surface area contributed by atoms with Crippen LogP contribution in [0.1, 0.15) is 17.7 Å². The van der Waals surface area contributed by atoms with Crippen LogP contribution in [0.25, 0.3) is 0 Å². The standard InChI is InChI=1S/C13H15ClO3S/c1-3-13(11-4-6-12(14)7-5-11)18(16,17)9-10(2)8-15/h3-8,10,13H,1,9H2,2H3. The molecule has 1 aromatic carbocycles. The number of carbonyl (C=O) groups is 1. The van der Waals surface area contributed by atoms with Gasteiger partial charge in [0, 0.05) is 10.9 Å². The fourth-order valence-corrected chi connectivity index (χ4v) is 3.66. The van der Waals surface area contributed by atoms with Crippen LogP contribution in [0.3, 0.4) is 0 Å². The fourth-order valence-electron chi connectivity index (χ4n) is 1.65. The van der Waals surface area contributed by atoms with Crippen LogP contribution in [-0.4, -0.2) is 20.5 Å². The summed E-state index contributed by atoms with van der Waals surface area (Å²) in [6, 6.07) is 6.56. The average molecular weight is 287 g/mol. The summed E-state index contributed by atoms with van der Waals surface area (Å²) in [5, 5.41) is -0.266. The van der Waals surface area contributed by atoms with Crippen LogP contribution < -0.4 is 0 Å². The fraction of sp³-hybridized carbons (Fsp3) is 0.308. The highest BCUT2D eigenvalue weighted by Crippen LogP contribution is 2.26. The lowest BCUT2D eigenvalue weighted by molar-refractivity contribution is -0.110. The lowest BCUT2D eigenvalue weighted by atomic mass is 10.1. The highest BCUT2D eigenvalue weighted by molar-refractivity contribution is 7.91. The first-order valence-corrected chi connectivity index (χ1v) is 7.55. The molecule has 18 heavy (non-hydrogen) atoms. The lowest BCUT2D eigenvalue weighted by Gasteiger charge is -2.15. The summed E-state index contributed by atoms with van der Waals surface area (Å²) in [5.74, 6) is -0.708. The van der Waals surface area contributed by atoms with Gasteiger partial charge in [0.2, 0.25) is 0 Å². The molecule has 98 valence electrons. The minimum Gasteiger partial charge on any atom is -0.303 e. The van der Waals surface area contributed by atoms with Crippen molar-refractivity contribution in [1.29, 1.82) is 0 Å². The molecule has 0 radical (unpaired) electrons. The van der Waals surface area contributed by atoms with Crippen LogP contribution in [0.15, 0.2) is 36.9 Å². The molecule has 0 N–H and O–H groups in total. The first kappa shape index (κ1) is 14.9. The predicted molar refractivity (Wildman–Crippen MR) is 73.4 cm³/mol. The smallest absolute Gasteiger partial charge is 0.161 e. The van der Waals surface area contributed by atoms with Gasteiger partial charge in [0.05, 0.1) is 5.75 Å². The summed E-state index contributed by atoms with van der Waals surface area (Å²) in [6.07, 6.45) is 2.01. The normalized spacial score (nSPS) is 14.8. The van der Waals surface area contributed by atoms with Gasteiger partial charge < -0.3 is 4.79 Å². The van der Waals surface area contributed by atoms with Crippen molar-refractivity contribution in [3.8, 4) is 0 Å². The number of hydrogen-bond acceptors (Lipinski definition) is 3. The monoisotopic (exact) mass is 286 g/mol. The number of rotatable bonds is 6. The Morgan fingerprint density at radius 1 is 1.33 bits per heavy atom. The molecule has 2 atom stereocenters. The first-order valence-electron chi connectivity index (χ1n) is 5.45. The molecular formula is C13H15ClO3S. The number of halogens is 1. The average Bonchev–Trinajstić information content (AvgIpc) is 2.31. The first-order chi connectivity index (χ1) is 8.40. The molecule has 0 saturated carbocycles. The third-order valence-electron chi connectivity index (χ3n) is 2.53. The van der Waals surface area contributed by atoms with Crippen molar-refractivity contribution in [1.82, 2.24) is 0 Å². The Morgan fingerprint density at radius 2 is 1.89 bits per heavy atom. The van der Waals surface area contributed by atoms with Crippen LogP contribution in [0.2, 0.25) is 5.02 Å². The number of aldehydes is 1. The molecule has 0 aliphatic carbocycles. The molecule has 2 unspecified atom stereocenters. The summed E-state index contributed by atoms with van der Waals surface area (Å²) in [6.45, 7) is 5.13. The van der Waals surface area contributed by atoms with E-state index in [2.05, 4.69) is 6.58 Å². The second kappa shape index (κ2) is 6.16. The number of hydrogen-bond donors (Lipinski definition) is 0. The molecule has 0 saturated heterocycles. The van der Waals surface area contributed by atoms with E-state index in [1.54, 1.807) is 31.2 Å². The summed E-state index contributed by atoms with van der Waals surface area (Å²) in [4.78, 5) is 10.6. The van der Waals surface area contributed by atoms with Crippen molar-refractivity contribution in [2.24, 2.45) is 5.92 Å². The largest absolute Gasteiger partial charge is 0.303 e. The van der Waals surface area contributed by atoms with E-state index in [0.717, 1.165) is 0 Å². The Hall–Kier alpha value is -1.13. The van der Waals surface area contributed by atoms with E-state index in [1.165, 1.54) is 6.08 Å². The highest BCUT2D eigenvalue weighted by atomic mass is 35.5. The van der Waals surface area contributed by atoms with E-state index < -0.39 is 21.0 Å². The molecule has 0 aliphatic heterocycles. The van der Waals surface area contributed by atoms with Crippen LogP contribution in [0.4, 0.5) is 0 Å². The second-order valence-corrected chi connectivity index (χ2v) is 6.75. The lowest BCUT2D eigenvalue weighted by Crippen LogP contribution is -2.20. The molecule has 0 aromatic heterocycles. The zero-order valence-electron chi connectivity index (χ0n) is 10.0. The van der Waals surface area contributed by atoms with Crippen LogP contribution in [0, 0.1) is 5.92 Å². The molecular weight excluding hydrogens is 272 g/mol. The Labute approximate surface area is 112 Å². The summed E-state index contributed by atoms with van der Waals surface area (Å²) in [5.41, 5.74) is 0.604. The molecule has 1 rings (SSSR count). The second-order valence-electron chi connectivity index (χ2n) is 4.15. The molecule has 0 fully saturated rings. The Bertz CT molecular complexity index is 520. The van der Waals surface area contributed by atoms with E-state index in [-0.39, 0.29) is 5.75 Å². The van der Waals surface area contributed by atoms with Crippen molar-refractivity contribution >= 4 is 27.7 Å². The van der Waals surface area contributed by atoms with Crippen molar-refractivity contribution in [2.45, 2.75) is 12.2 Å². The molecule has 0 heterocycles. The van der Waals surface area contributed by atoms with E-state index in [4.69, 9.17) is 11.6 Å². The van der Waals surface area contributed by atoms with E-state index >= 15 is 0 Å². The Morgan fingerprint density at radius 3 is 2.33 bits per heavy atom. The molecule has 5 heteroatoms. The summed E-state index contributed by atoms with van der Waals surface area (Å²) >= 11 is 5.76. The number of benzene rings is 1. The van der Waals surface area contributed by atoms with E-state index in [0.29, 0.717) is 16.9 Å². The zero-order valence-corrected chi connectivity index (χ0v) is 11.6. The van der Waals surface area contributed by atoms with Gasteiger partial charge in [-0.2, -0.15) is 0 Å². The SMILES string of the molecule is C=CC(c1ccc(Cl)cc1)S(=O)(=O)CC(C)C=O. The molecule has 0 aliphatic rings. The van der Waals surface area contributed by atoms with Gasteiger partial charge in [-0.1, -0.05) is 36.7 Å². The molecule has 0 amide bonds. The molecule has 0 spiro atoms. The van der Waals surface area contributed by atoms with Crippen LogP contribution in [0.5, 0.6) is 0 Å². The predicted octanol–water partition coefficient (Wildman–Crippen LogP) is 2.82. The van der Waals surface area contributed by atoms with Crippen LogP contribution >= 0.6 is 11.6 Å². The number of carbonyl (C=O) groups excluding carboxylic acids is 1. The summed E-state index contributed by atoms with van der Waals surface area (Å²) in [7, 11) is -3.44. The van der Waals surface area contributed by atoms with Gasteiger partial charge in [-0.25, -0.2) is 8.42 Å². The summed E-state index contributed by atoms with van der Waals surface area (Å²) < 4.78 is 24.3. The third kappa shape index (κ3) is 3.68. The van der Waals surface area contributed by atoms with Crippen LogP contribution in [-0.2, 0) is 14.6 Å². The van der Waals surface area contributed by atoms with Gasteiger partial charge in [-0.3, -0.25) is 0 Å². The van der Waals surface area contributed by atoms with Crippen molar-refractivity contribution in [3.63, 3.8) is 0 Å². The number of sulfone groups is 1. The maximum absolute atomic E-state index is 12.2. The van der Waals surface area contributed by atoms with E-state index in [9.17, 15) is 13.2 Å². The molecule has 1 aromatic rings. The Balaban J connectivity index is 3.06. The molecule has 0 bridgehead atoms. The minimum absolute atomic E-state index is 0.185. The van der Waals surface area contributed by atoms with Gasteiger partial charge in [0.1, 0.15) is 11.5 Å². The maximum atomic E-state index is 12.2. The highest BCUT2D eigenvalue weighted by Gasteiger charge is 2.26. The topological polar surface area (TPSA) is 51.2 Å². The van der Waals surface area contributed by atoms with Gasteiger partial charge in [0.15, 0.2) is 9.84 Å². The van der Waals surface area contributed by atoms with Gasteiger partial charge in [0.25, 0.3) is 0 Å². The van der Waals surface area contributed by atoms with Crippen molar-refractivity contribution in [3.05, 3.63) is 47.5 Å². The quantitative estimate of drug-likeness (QED) is 0.597. The molecule has 3 nitrogen and oxygen atoms in total. The Kier molecular flexibility index (Phi) is 5.11. The minimum atomic E-state index is -3.44. The van der Waals surface area contributed by atoms with E-state index in [1.807, 2.05) is 0 Å². The van der Waals surface area contributed by atoms with Gasteiger partial charge in [-0.15, -0.1) is 6.58 Å². The van der Waals surface area contributed by atoms with Gasteiger partial charge >= 0.3 is 0 Å². The zero-order chi connectivity index (χ0) is 13.8. The third-order valence-corrected chi connectivity index (χ3v) is 5.01. The van der Waals surface area contributed by atoms with Gasteiger partial charge in [-0.05, 0) is 17.7 Å². The van der Waals surface area contributed by atoms with Crippen molar-refractivity contribution in [2.75, 3.05) is 5.75 Å². The maximum Gasteiger partial charge on any atom is 0.161 e. The van der Waals surface area contributed by atoms with Crippen molar-refractivity contribution < 1.29 is 13.2 Å².